The van der Waals surface area contributed by atoms with Gasteiger partial charge in [-0.15, -0.1) is 0 Å². The van der Waals surface area contributed by atoms with Crippen LogP contribution in [0.1, 0.15) is 128 Å². The number of carbonyl (C=O) groups excluding carboxylic acids is 7. The summed E-state index contributed by atoms with van der Waals surface area (Å²) in [6.45, 7) is 9.15. The van der Waals surface area contributed by atoms with Crippen molar-refractivity contribution in [2.75, 3.05) is 27.2 Å². The quantitative estimate of drug-likeness (QED) is 0.0788. The van der Waals surface area contributed by atoms with Crippen molar-refractivity contribution in [3.8, 4) is 5.75 Å². The van der Waals surface area contributed by atoms with E-state index in [1.54, 1.807) is 57.1 Å². The van der Waals surface area contributed by atoms with E-state index in [0.717, 1.165) is 66.3 Å². The molecule has 7 amide bonds. The van der Waals surface area contributed by atoms with Gasteiger partial charge in [-0.1, -0.05) is 87.5 Å². The summed E-state index contributed by atoms with van der Waals surface area (Å²) in [5.41, 5.74) is 6.79. The predicted molar refractivity (Wildman–Crippen MR) is 289 cm³/mol. The van der Waals surface area contributed by atoms with E-state index in [1.165, 1.54) is 16.0 Å². The van der Waals surface area contributed by atoms with Crippen molar-refractivity contribution < 1.29 is 38.3 Å². The first-order chi connectivity index (χ1) is 36.4. The topological polar surface area (TPSA) is 219 Å². The molecule has 0 bridgehead atoms. The van der Waals surface area contributed by atoms with Gasteiger partial charge in [0.2, 0.25) is 35.4 Å². The van der Waals surface area contributed by atoms with Crippen LogP contribution in [0.3, 0.4) is 0 Å². The highest BCUT2D eigenvalue weighted by molar-refractivity contribution is 5.96. The highest BCUT2D eigenvalue weighted by Gasteiger charge is 2.46. The summed E-state index contributed by atoms with van der Waals surface area (Å²) in [5.74, 6) is -1.79. The first-order valence-electron chi connectivity index (χ1n) is 26.9. The second-order valence-electron chi connectivity index (χ2n) is 21.9. The second-order valence-corrected chi connectivity index (χ2v) is 21.9. The van der Waals surface area contributed by atoms with E-state index in [4.69, 9.17) is 4.74 Å². The standard InChI is InChI=1S/C59H75N9O8/c1-35(60-6)53(70)62-31-51(69)67-32-42-28-44(27-26-41(42)29-49(67)56(73)64-47-20-12-16-38-14-8-10-18-45(38)47)76-34-37-22-24-40(25-23-37)55(72)63-43-30-50(57(74)65-48-21-13-17-39-15-9-11-19-46(39)48)68(33-43)58(75)52(59(3,4)5)66-54(71)36(2)61-7/h8-11,14-15,18-19,22-28,35-36,43,47-50,52,60-61H,12-13,16-17,20-21,29-34H2,1-7H3,(H,62,70)(H,63,72)(H,64,73)(H,65,74)(H,66,71)/t35-,36-,43-,47+,48+,49-,50-,52+/m0/s1. The van der Waals surface area contributed by atoms with Crippen molar-refractivity contribution in [1.82, 2.24) is 47.0 Å². The van der Waals surface area contributed by atoms with Crippen molar-refractivity contribution in [2.45, 2.75) is 147 Å². The van der Waals surface area contributed by atoms with Crippen LogP contribution in [0.5, 0.6) is 5.75 Å². The lowest BCUT2D eigenvalue weighted by Gasteiger charge is -2.37. The van der Waals surface area contributed by atoms with Crippen molar-refractivity contribution in [3.63, 3.8) is 0 Å². The van der Waals surface area contributed by atoms with Crippen LogP contribution in [0.4, 0.5) is 0 Å². The first-order valence-corrected chi connectivity index (χ1v) is 26.9. The zero-order chi connectivity index (χ0) is 54.3. The van der Waals surface area contributed by atoms with Crippen LogP contribution in [-0.4, -0.2) is 115 Å². The highest BCUT2D eigenvalue weighted by Crippen LogP contribution is 2.34. The van der Waals surface area contributed by atoms with E-state index >= 15 is 0 Å². The summed E-state index contributed by atoms with van der Waals surface area (Å²) in [5, 5.41) is 21.0. The smallest absolute Gasteiger partial charge is 0.251 e. The Kier molecular flexibility index (Phi) is 17.6. The van der Waals surface area contributed by atoms with Gasteiger partial charge in [0, 0.05) is 31.1 Å². The minimum Gasteiger partial charge on any atom is -0.489 e. The van der Waals surface area contributed by atoms with Crippen LogP contribution >= 0.6 is 0 Å². The van der Waals surface area contributed by atoms with Crippen LogP contribution in [0.2, 0.25) is 0 Å². The minimum atomic E-state index is -0.945. The Balaban J connectivity index is 0.925. The maximum atomic E-state index is 14.6. The Morgan fingerprint density at radius 1 is 0.671 bits per heavy atom. The average molecular weight is 1040 g/mol. The van der Waals surface area contributed by atoms with Gasteiger partial charge >= 0.3 is 0 Å². The summed E-state index contributed by atoms with van der Waals surface area (Å²) < 4.78 is 6.26. The lowest BCUT2D eigenvalue weighted by molar-refractivity contribution is -0.144. The molecule has 0 spiro atoms. The summed E-state index contributed by atoms with van der Waals surface area (Å²) in [6.07, 6.45) is 5.78. The molecule has 17 nitrogen and oxygen atoms in total. The zero-order valence-electron chi connectivity index (χ0n) is 44.9. The summed E-state index contributed by atoms with van der Waals surface area (Å²) in [4.78, 5) is 99.8. The molecule has 4 aromatic carbocycles. The lowest BCUT2D eigenvalue weighted by atomic mass is 9.85. The summed E-state index contributed by atoms with van der Waals surface area (Å²) in [7, 11) is 3.34. The predicted octanol–water partition coefficient (Wildman–Crippen LogP) is 4.47. The molecule has 1 fully saturated rings. The average Bonchev–Trinajstić information content (AvgIpc) is 3.87. The third-order valence-electron chi connectivity index (χ3n) is 15.6. The van der Waals surface area contributed by atoms with Crippen molar-refractivity contribution in [3.05, 3.63) is 136 Å². The highest BCUT2D eigenvalue weighted by atomic mass is 16.5. The molecule has 8 atom stereocenters. The van der Waals surface area contributed by atoms with Crippen LogP contribution in [0.25, 0.3) is 0 Å². The van der Waals surface area contributed by atoms with Gasteiger partial charge in [0.1, 0.15) is 30.5 Å². The monoisotopic (exact) mass is 1040 g/mol. The van der Waals surface area contributed by atoms with Crippen LogP contribution in [0.15, 0.2) is 91.0 Å². The van der Waals surface area contributed by atoms with Crippen LogP contribution in [0, 0.1) is 5.41 Å². The number of benzene rings is 4. The third kappa shape index (κ3) is 12.9. The molecule has 0 unspecified atom stereocenters. The normalized spacial score (nSPS) is 21.1. The number of hydrogen-bond donors (Lipinski definition) is 7. The van der Waals surface area contributed by atoms with E-state index in [1.807, 2.05) is 69.3 Å². The van der Waals surface area contributed by atoms with E-state index < -0.39 is 47.6 Å². The van der Waals surface area contributed by atoms with Gasteiger partial charge in [0.05, 0.1) is 30.7 Å². The molecule has 7 N–H and O–H groups in total. The summed E-state index contributed by atoms with van der Waals surface area (Å²) >= 11 is 0. The molecular weight excluding hydrogens is 963 g/mol. The van der Waals surface area contributed by atoms with Gasteiger partial charge in [-0.2, -0.15) is 0 Å². The molecule has 1 saturated heterocycles. The van der Waals surface area contributed by atoms with Crippen molar-refractivity contribution >= 4 is 41.4 Å². The Morgan fingerprint density at radius 2 is 1.26 bits per heavy atom. The van der Waals surface area contributed by atoms with Gasteiger partial charge in [-0.25, -0.2) is 0 Å². The van der Waals surface area contributed by atoms with E-state index in [-0.39, 0.29) is 86.6 Å². The van der Waals surface area contributed by atoms with Gasteiger partial charge in [0.15, 0.2) is 0 Å². The number of nitrogens with one attached hydrogen (secondary N) is 7. The SMILES string of the molecule is CN[C@@H](C)C(=O)NCC(=O)N1Cc2cc(OCc3ccc(C(=O)N[C@H]4C[C@@H](C(=O)N[C@@H]5CCCc6ccccc65)N(C(=O)[C@@H](NC(=O)[C@H](C)NC)C(C)(C)C)C4)cc3)ccc2C[C@H]1C(=O)N[C@@H]1CCCc2ccccc21. The number of aryl methyl sites for hydroxylation is 2. The van der Waals surface area contributed by atoms with Gasteiger partial charge in [-0.05, 0) is 142 Å². The fourth-order valence-corrected chi connectivity index (χ4v) is 10.9. The fraction of sp³-hybridized carbons (Fsp3) is 0.475. The maximum Gasteiger partial charge on any atom is 0.251 e. The molecule has 0 saturated carbocycles. The minimum absolute atomic E-state index is 0.0718. The molecule has 76 heavy (non-hydrogen) atoms. The number of fused-ring (bicyclic) bond motifs is 3. The van der Waals surface area contributed by atoms with Gasteiger partial charge in [0.25, 0.3) is 5.91 Å². The van der Waals surface area contributed by atoms with Gasteiger partial charge in [-0.3, -0.25) is 33.6 Å². The van der Waals surface area contributed by atoms with Crippen molar-refractivity contribution in [2.24, 2.45) is 5.41 Å². The number of likely N-dealkylation sites (N-methyl/N-ethyl adjacent to an activating group) is 2. The zero-order valence-corrected chi connectivity index (χ0v) is 44.9. The number of carbonyl (C=O) groups is 7. The molecule has 4 aliphatic rings. The number of amides is 7. The first kappa shape index (κ1) is 55.1. The lowest BCUT2D eigenvalue weighted by Crippen LogP contribution is -2.59. The fourth-order valence-electron chi connectivity index (χ4n) is 10.9. The number of likely N-dealkylation sites (tertiary alicyclic amines) is 1. The molecule has 4 aromatic rings. The van der Waals surface area contributed by atoms with Crippen LogP contribution in [-0.2, 0) is 61.2 Å². The molecule has 0 radical (unpaired) electrons. The molecule has 2 heterocycles. The molecule has 0 aromatic heterocycles. The number of hydrogen-bond acceptors (Lipinski definition) is 10. The van der Waals surface area contributed by atoms with Crippen LogP contribution < -0.4 is 42.0 Å². The molecular formula is C59H75N9O8. The van der Waals surface area contributed by atoms with E-state index in [9.17, 15) is 33.6 Å². The molecule has 8 rings (SSSR count). The Bertz CT molecular complexity index is 2790. The number of rotatable bonds is 17. The Morgan fingerprint density at radius 3 is 1.87 bits per heavy atom. The van der Waals surface area contributed by atoms with E-state index in [0.29, 0.717) is 11.3 Å². The Labute approximate surface area is 446 Å². The molecule has 2 aliphatic heterocycles. The molecule has 2 aliphatic carbocycles. The largest absolute Gasteiger partial charge is 0.489 e. The summed E-state index contributed by atoms with van der Waals surface area (Å²) in [6, 6.07) is 24.2. The molecule has 404 valence electrons. The van der Waals surface area contributed by atoms with Gasteiger partial charge < -0.3 is 51.8 Å². The molecule has 17 heteroatoms. The van der Waals surface area contributed by atoms with E-state index in [2.05, 4.69) is 55.4 Å². The van der Waals surface area contributed by atoms with Crippen molar-refractivity contribution in [1.29, 1.82) is 0 Å². The maximum absolute atomic E-state index is 14.6. The number of nitrogens with zero attached hydrogens (tertiary/aromatic N) is 2. The third-order valence-corrected chi connectivity index (χ3v) is 15.6. The second kappa shape index (κ2) is 24.3. The number of ether oxygens (including phenoxy) is 1. The Hall–Kier alpha value is -7.11.